The van der Waals surface area contributed by atoms with Crippen LogP contribution in [0.3, 0.4) is 0 Å². The molecule has 3 N–H and O–H groups in total. The molecule has 0 atom stereocenters. The van der Waals surface area contributed by atoms with Crippen molar-refractivity contribution in [1.82, 2.24) is 0 Å². The second kappa shape index (κ2) is 7.81. The van der Waals surface area contributed by atoms with E-state index < -0.39 is 17.6 Å². The minimum atomic E-state index is -0.891. The van der Waals surface area contributed by atoms with E-state index in [1.807, 2.05) is 0 Å². The Morgan fingerprint density at radius 3 is 1.96 bits per heavy atom. The van der Waals surface area contributed by atoms with Gasteiger partial charge in [0, 0.05) is 5.56 Å². The Balaban J connectivity index is 2.48. The molecule has 9 heteroatoms. The molecule has 0 fully saturated rings. The van der Waals surface area contributed by atoms with E-state index in [1.54, 1.807) is 0 Å². The quantitative estimate of drug-likeness (QED) is 0.708. The molecule has 0 spiro atoms. The summed E-state index contributed by atoms with van der Waals surface area (Å²) in [5, 5.41) is 2.45. The molecule has 0 unspecified atom stereocenters. The summed E-state index contributed by atoms with van der Waals surface area (Å²) >= 11 is 0. The highest BCUT2D eigenvalue weighted by Gasteiger charge is 2.27. The number of hydrogen-bond donors (Lipinski definition) is 2. The van der Waals surface area contributed by atoms with E-state index in [9.17, 15) is 14.4 Å². The zero-order valence-electron chi connectivity index (χ0n) is 15.6. The molecule has 27 heavy (non-hydrogen) atoms. The Kier molecular flexibility index (Phi) is 5.74. The normalized spacial score (nSPS) is 10.3. The molecule has 0 bridgehead atoms. The molecule has 2 rings (SSSR count). The lowest BCUT2D eigenvalue weighted by molar-refractivity contribution is 0.0974. The first-order valence-corrected chi connectivity index (χ1v) is 7.80. The van der Waals surface area contributed by atoms with Crippen LogP contribution in [0.2, 0.25) is 0 Å². The lowest BCUT2D eigenvalue weighted by atomic mass is 10.1. The third-order valence-electron chi connectivity index (χ3n) is 3.84. The van der Waals surface area contributed by atoms with Gasteiger partial charge in [0.25, 0.3) is 11.8 Å². The van der Waals surface area contributed by atoms with E-state index in [1.165, 1.54) is 47.3 Å². The van der Waals surface area contributed by atoms with Crippen molar-refractivity contribution in [3.8, 4) is 17.2 Å². The minimum absolute atomic E-state index is 0.0303. The van der Waals surface area contributed by atoms with Crippen LogP contribution in [-0.4, -0.2) is 38.9 Å². The second-order valence-electron chi connectivity index (χ2n) is 5.53. The number of nitrogens with two attached hydrogens (primary N) is 1. The van der Waals surface area contributed by atoms with Crippen molar-refractivity contribution in [2.75, 3.05) is 26.6 Å². The predicted octanol–water partition coefficient (Wildman–Crippen LogP) is 2.17. The number of ether oxygens (including phenoxy) is 3. The van der Waals surface area contributed by atoms with Crippen LogP contribution in [0.25, 0.3) is 0 Å². The Morgan fingerprint density at radius 1 is 1.00 bits per heavy atom. The van der Waals surface area contributed by atoms with Gasteiger partial charge in [0.05, 0.1) is 26.9 Å². The average molecular weight is 376 g/mol. The summed E-state index contributed by atoms with van der Waals surface area (Å²) in [4.78, 5) is 36.2. The van der Waals surface area contributed by atoms with Gasteiger partial charge in [0.15, 0.2) is 17.3 Å². The number of hydrogen-bond acceptors (Lipinski definition) is 7. The molecule has 0 radical (unpaired) electrons. The number of benzene rings is 1. The predicted molar refractivity (Wildman–Crippen MR) is 96.0 cm³/mol. The summed E-state index contributed by atoms with van der Waals surface area (Å²) in [6, 6.07) is 2.87. The van der Waals surface area contributed by atoms with Crippen LogP contribution in [0.15, 0.2) is 16.5 Å². The van der Waals surface area contributed by atoms with Gasteiger partial charge in [-0.05, 0) is 26.0 Å². The summed E-state index contributed by atoms with van der Waals surface area (Å²) in [7, 11) is 4.27. The summed E-state index contributed by atoms with van der Waals surface area (Å²) < 4.78 is 21.0. The first-order valence-electron chi connectivity index (χ1n) is 7.80. The lowest BCUT2D eigenvalue weighted by Gasteiger charge is -2.13. The number of carbonyl (C=O) groups excluding carboxylic acids is 3. The van der Waals surface area contributed by atoms with Gasteiger partial charge in [-0.2, -0.15) is 0 Å². The number of primary amides is 1. The molecular formula is C18H20N2O7. The van der Waals surface area contributed by atoms with Gasteiger partial charge in [0.2, 0.25) is 11.6 Å². The summed E-state index contributed by atoms with van der Waals surface area (Å²) in [6.07, 6.45) is 0. The largest absolute Gasteiger partial charge is 0.493 e. The molecule has 1 heterocycles. The standard InChI is InChI=1S/C18H20N2O7/c1-8(21)13-9(2)27-18(14(13)16(19)22)20-17(23)10-6-11(24-3)15(26-5)12(7-10)25-4/h6-7H,1-5H3,(H2,19,22)(H,20,23). The molecule has 9 nitrogen and oxygen atoms in total. The number of ketones is 1. The highest BCUT2D eigenvalue weighted by atomic mass is 16.5. The summed E-state index contributed by atoms with van der Waals surface area (Å²) in [5.74, 6) is -1.08. The van der Waals surface area contributed by atoms with E-state index in [0.29, 0.717) is 5.75 Å². The maximum absolute atomic E-state index is 12.7. The number of nitrogens with one attached hydrogen (secondary N) is 1. The topological polar surface area (TPSA) is 130 Å². The van der Waals surface area contributed by atoms with Crippen molar-refractivity contribution < 1.29 is 33.0 Å². The van der Waals surface area contributed by atoms with Crippen molar-refractivity contribution in [3.63, 3.8) is 0 Å². The summed E-state index contributed by atoms with van der Waals surface area (Å²) in [5.41, 5.74) is 5.35. The van der Waals surface area contributed by atoms with Crippen LogP contribution in [-0.2, 0) is 0 Å². The fourth-order valence-electron chi connectivity index (χ4n) is 2.68. The number of methoxy groups -OCH3 is 3. The number of furan rings is 1. The fourth-order valence-corrected chi connectivity index (χ4v) is 2.68. The first-order chi connectivity index (χ1) is 12.7. The van der Waals surface area contributed by atoms with Crippen LogP contribution in [0.4, 0.5) is 5.88 Å². The maximum atomic E-state index is 12.7. The number of rotatable bonds is 7. The van der Waals surface area contributed by atoms with Gasteiger partial charge in [-0.25, -0.2) is 0 Å². The fraction of sp³-hybridized carbons (Fsp3) is 0.278. The molecule has 0 aliphatic rings. The van der Waals surface area contributed by atoms with Crippen molar-refractivity contribution in [2.24, 2.45) is 5.73 Å². The zero-order chi connectivity index (χ0) is 20.3. The number of anilines is 1. The van der Waals surface area contributed by atoms with E-state index in [-0.39, 0.29) is 39.8 Å². The first kappa shape index (κ1) is 19.8. The van der Waals surface area contributed by atoms with Gasteiger partial charge in [-0.15, -0.1) is 0 Å². The monoisotopic (exact) mass is 376 g/mol. The number of aryl methyl sites for hydroxylation is 1. The molecular weight excluding hydrogens is 356 g/mol. The molecule has 2 aromatic rings. The van der Waals surface area contributed by atoms with Crippen molar-refractivity contribution in [1.29, 1.82) is 0 Å². The Labute approximate surface area is 155 Å². The number of amides is 2. The Hall–Kier alpha value is -3.49. The van der Waals surface area contributed by atoms with Gasteiger partial charge >= 0.3 is 0 Å². The lowest BCUT2D eigenvalue weighted by Crippen LogP contribution is -2.19. The smallest absolute Gasteiger partial charge is 0.258 e. The van der Waals surface area contributed by atoms with Gasteiger partial charge < -0.3 is 24.4 Å². The maximum Gasteiger partial charge on any atom is 0.258 e. The van der Waals surface area contributed by atoms with Gasteiger partial charge in [-0.1, -0.05) is 0 Å². The Morgan fingerprint density at radius 2 is 1.56 bits per heavy atom. The third-order valence-corrected chi connectivity index (χ3v) is 3.84. The molecule has 0 aliphatic carbocycles. The molecule has 144 valence electrons. The average Bonchev–Trinajstić information content (AvgIpc) is 2.96. The van der Waals surface area contributed by atoms with Crippen LogP contribution < -0.4 is 25.3 Å². The highest BCUT2D eigenvalue weighted by Crippen LogP contribution is 2.38. The SMILES string of the molecule is COc1cc(C(=O)Nc2oc(C)c(C(C)=O)c2C(N)=O)cc(OC)c1OC. The molecule has 2 amide bonds. The van der Waals surface area contributed by atoms with Crippen molar-refractivity contribution in [3.05, 3.63) is 34.6 Å². The minimum Gasteiger partial charge on any atom is -0.493 e. The van der Waals surface area contributed by atoms with Crippen LogP contribution in [0.5, 0.6) is 17.2 Å². The third kappa shape index (κ3) is 3.71. The number of Topliss-reactive ketones (excluding diaryl/α,β-unsaturated/α-hetero) is 1. The van der Waals surface area contributed by atoms with Gasteiger partial charge in [0.1, 0.15) is 11.3 Å². The van der Waals surface area contributed by atoms with Gasteiger partial charge in [-0.3, -0.25) is 19.7 Å². The van der Waals surface area contributed by atoms with E-state index in [0.717, 1.165) is 0 Å². The van der Waals surface area contributed by atoms with E-state index in [4.69, 9.17) is 24.4 Å². The molecule has 0 saturated heterocycles. The summed E-state index contributed by atoms with van der Waals surface area (Å²) in [6.45, 7) is 2.77. The molecule has 1 aromatic heterocycles. The molecule has 0 saturated carbocycles. The Bertz CT molecular complexity index is 890. The second-order valence-corrected chi connectivity index (χ2v) is 5.53. The van der Waals surface area contributed by atoms with Crippen molar-refractivity contribution >= 4 is 23.5 Å². The van der Waals surface area contributed by atoms with Crippen LogP contribution >= 0.6 is 0 Å². The van der Waals surface area contributed by atoms with Crippen LogP contribution in [0.1, 0.15) is 43.8 Å². The highest BCUT2D eigenvalue weighted by molar-refractivity contribution is 6.13. The van der Waals surface area contributed by atoms with Crippen molar-refractivity contribution in [2.45, 2.75) is 13.8 Å². The van der Waals surface area contributed by atoms with Crippen LogP contribution in [0, 0.1) is 6.92 Å². The molecule has 1 aromatic carbocycles. The number of carbonyl (C=O) groups is 3. The zero-order valence-corrected chi connectivity index (χ0v) is 15.6. The van der Waals surface area contributed by atoms with E-state index >= 15 is 0 Å². The van der Waals surface area contributed by atoms with E-state index in [2.05, 4.69) is 5.32 Å². The molecule has 0 aliphatic heterocycles.